The monoisotopic (exact) mass is 573 g/mol. The van der Waals surface area contributed by atoms with Gasteiger partial charge in [0.2, 0.25) is 0 Å². The minimum Gasteiger partial charge on any atom is -0.379 e. The molecule has 3 N–H and O–H groups in total. The van der Waals surface area contributed by atoms with Crippen LogP contribution in [0.5, 0.6) is 0 Å². The van der Waals surface area contributed by atoms with Gasteiger partial charge in [0, 0.05) is 43.8 Å². The molecule has 2 unspecified atom stereocenters. The summed E-state index contributed by atoms with van der Waals surface area (Å²) in [5.74, 6) is 1.41. The molecule has 8 heteroatoms. The molecule has 1 saturated heterocycles. The smallest absolute Gasteiger partial charge is 0.251 e. The Labute approximate surface area is 217 Å². The Balaban J connectivity index is 0.00000544. The summed E-state index contributed by atoms with van der Waals surface area (Å²) >= 11 is 0. The zero-order valence-corrected chi connectivity index (χ0v) is 23.4. The van der Waals surface area contributed by atoms with Gasteiger partial charge in [0.25, 0.3) is 5.91 Å². The number of halogens is 1. The van der Waals surface area contributed by atoms with E-state index in [0.29, 0.717) is 24.1 Å². The van der Waals surface area contributed by atoms with Crippen molar-refractivity contribution in [1.82, 2.24) is 20.9 Å². The van der Waals surface area contributed by atoms with E-state index in [2.05, 4.69) is 48.5 Å². The quantitative estimate of drug-likeness (QED) is 0.214. The van der Waals surface area contributed by atoms with Crippen LogP contribution in [0, 0.1) is 5.92 Å². The van der Waals surface area contributed by atoms with E-state index in [1.54, 1.807) is 0 Å². The molecule has 1 heterocycles. The third-order valence-electron chi connectivity index (χ3n) is 5.75. The van der Waals surface area contributed by atoms with E-state index in [0.717, 1.165) is 63.8 Å². The van der Waals surface area contributed by atoms with Crippen LogP contribution in [0.1, 0.15) is 63.4 Å². The number of amides is 1. The molecule has 7 nitrogen and oxygen atoms in total. The highest BCUT2D eigenvalue weighted by atomic mass is 127. The van der Waals surface area contributed by atoms with E-state index in [9.17, 15) is 4.79 Å². The summed E-state index contributed by atoms with van der Waals surface area (Å²) < 4.78 is 5.53. The second-order valence-electron chi connectivity index (χ2n) is 8.99. The van der Waals surface area contributed by atoms with Crippen LogP contribution in [0.4, 0.5) is 0 Å². The predicted molar refractivity (Wildman–Crippen MR) is 148 cm³/mol. The Morgan fingerprint density at radius 2 is 1.88 bits per heavy atom. The number of rotatable bonds is 11. The third-order valence-corrected chi connectivity index (χ3v) is 5.75. The first-order chi connectivity index (χ1) is 15.4. The van der Waals surface area contributed by atoms with Gasteiger partial charge < -0.3 is 20.7 Å². The van der Waals surface area contributed by atoms with Crippen molar-refractivity contribution in [3.8, 4) is 0 Å². The van der Waals surface area contributed by atoms with E-state index in [-0.39, 0.29) is 35.9 Å². The van der Waals surface area contributed by atoms with Crippen molar-refractivity contribution in [1.29, 1.82) is 0 Å². The molecule has 0 aromatic heterocycles. The Bertz CT molecular complexity index is 723. The number of guanidine groups is 1. The number of benzene rings is 1. The highest BCUT2D eigenvalue weighted by Crippen LogP contribution is 2.13. The first-order valence-corrected chi connectivity index (χ1v) is 12.2. The van der Waals surface area contributed by atoms with Gasteiger partial charge in [0.15, 0.2) is 5.96 Å². The Morgan fingerprint density at radius 3 is 2.52 bits per heavy atom. The van der Waals surface area contributed by atoms with Crippen molar-refractivity contribution in [3.63, 3.8) is 0 Å². The molecule has 1 aromatic carbocycles. The normalized spacial score (nSPS) is 16.6. The van der Waals surface area contributed by atoms with Gasteiger partial charge in [-0.3, -0.25) is 9.69 Å². The number of nitrogens with zero attached hydrogens (tertiary/aromatic N) is 2. The van der Waals surface area contributed by atoms with Gasteiger partial charge in [-0.15, -0.1) is 24.0 Å². The summed E-state index contributed by atoms with van der Waals surface area (Å²) in [6.45, 7) is 16.5. The number of ether oxygens (including phenoxy) is 1. The SMILES string of the molecule is CCNC(=NCc1cccc(C(=O)NC(C)CC)c1)NCC(CC(C)C)N1CCOCC1.I. The maximum Gasteiger partial charge on any atom is 0.251 e. The van der Waals surface area contributed by atoms with Crippen LogP contribution in [0.3, 0.4) is 0 Å². The summed E-state index contributed by atoms with van der Waals surface area (Å²) in [5, 5.41) is 9.92. The third kappa shape index (κ3) is 11.1. The number of nitrogens with one attached hydrogen (secondary N) is 3. The van der Waals surface area contributed by atoms with Crippen LogP contribution < -0.4 is 16.0 Å². The topological polar surface area (TPSA) is 78.0 Å². The molecular weight excluding hydrogens is 529 g/mol. The molecule has 2 rings (SSSR count). The van der Waals surface area contributed by atoms with Crippen molar-refractivity contribution in [2.24, 2.45) is 10.9 Å². The first-order valence-electron chi connectivity index (χ1n) is 12.2. The fourth-order valence-corrected chi connectivity index (χ4v) is 3.79. The van der Waals surface area contributed by atoms with Crippen molar-refractivity contribution < 1.29 is 9.53 Å². The summed E-state index contributed by atoms with van der Waals surface area (Å²) in [6, 6.07) is 8.35. The molecular formula is C25H44IN5O2. The van der Waals surface area contributed by atoms with Crippen LogP contribution in [-0.4, -0.2) is 68.2 Å². The average Bonchev–Trinajstić information content (AvgIpc) is 2.80. The number of aliphatic imine (C=N–C) groups is 1. The molecule has 0 spiro atoms. The van der Waals surface area contributed by atoms with Gasteiger partial charge in [0.1, 0.15) is 0 Å². The molecule has 0 radical (unpaired) electrons. The summed E-state index contributed by atoms with van der Waals surface area (Å²) in [5.41, 5.74) is 1.70. The first kappa shape index (κ1) is 29.6. The van der Waals surface area contributed by atoms with Gasteiger partial charge >= 0.3 is 0 Å². The molecule has 188 valence electrons. The fourth-order valence-electron chi connectivity index (χ4n) is 3.79. The van der Waals surface area contributed by atoms with E-state index < -0.39 is 0 Å². The fraction of sp³-hybridized carbons (Fsp3) is 0.680. The van der Waals surface area contributed by atoms with Crippen LogP contribution in [0.2, 0.25) is 0 Å². The van der Waals surface area contributed by atoms with Crippen molar-refractivity contribution >= 4 is 35.8 Å². The Hall–Kier alpha value is -1.39. The molecule has 33 heavy (non-hydrogen) atoms. The van der Waals surface area contributed by atoms with Gasteiger partial charge in [-0.25, -0.2) is 4.99 Å². The molecule has 2 atom stereocenters. The van der Waals surface area contributed by atoms with Crippen molar-refractivity contribution in [3.05, 3.63) is 35.4 Å². The van der Waals surface area contributed by atoms with E-state index in [1.807, 2.05) is 31.2 Å². The minimum absolute atomic E-state index is 0. The molecule has 1 amide bonds. The average molecular weight is 574 g/mol. The molecule has 0 bridgehead atoms. The predicted octanol–water partition coefficient (Wildman–Crippen LogP) is 3.63. The van der Waals surface area contributed by atoms with E-state index in [4.69, 9.17) is 9.73 Å². The van der Waals surface area contributed by atoms with Crippen LogP contribution in [0.15, 0.2) is 29.3 Å². The Morgan fingerprint density at radius 1 is 1.15 bits per heavy atom. The number of carbonyl (C=O) groups is 1. The molecule has 0 saturated carbocycles. The lowest BCUT2D eigenvalue weighted by molar-refractivity contribution is 0.0132. The van der Waals surface area contributed by atoms with Crippen LogP contribution in [-0.2, 0) is 11.3 Å². The molecule has 1 fully saturated rings. The zero-order chi connectivity index (χ0) is 23.3. The summed E-state index contributed by atoms with van der Waals surface area (Å²) in [7, 11) is 0. The molecule has 1 aliphatic rings. The maximum absolute atomic E-state index is 12.4. The second kappa shape index (κ2) is 16.3. The standard InChI is InChI=1S/C25H43N5O2.HI/c1-6-20(5)29-24(31)22-10-8-9-21(16-22)17-27-25(26-7-2)28-18-23(15-19(3)4)30-11-13-32-14-12-30;/h8-10,16,19-20,23H,6-7,11-15,17-18H2,1-5H3,(H,29,31)(H2,26,27,28);1H. The lowest BCUT2D eigenvalue weighted by Crippen LogP contribution is -2.51. The maximum atomic E-state index is 12.4. The highest BCUT2D eigenvalue weighted by molar-refractivity contribution is 14.0. The van der Waals surface area contributed by atoms with E-state index >= 15 is 0 Å². The minimum atomic E-state index is -0.0303. The highest BCUT2D eigenvalue weighted by Gasteiger charge is 2.22. The number of hydrogen-bond acceptors (Lipinski definition) is 4. The number of morpholine rings is 1. The molecule has 1 aromatic rings. The lowest BCUT2D eigenvalue weighted by atomic mass is 10.0. The zero-order valence-electron chi connectivity index (χ0n) is 21.0. The lowest BCUT2D eigenvalue weighted by Gasteiger charge is -2.35. The van der Waals surface area contributed by atoms with Gasteiger partial charge in [0.05, 0.1) is 19.8 Å². The van der Waals surface area contributed by atoms with E-state index in [1.165, 1.54) is 0 Å². The molecule has 1 aliphatic heterocycles. The number of hydrogen-bond donors (Lipinski definition) is 3. The van der Waals surface area contributed by atoms with Crippen molar-refractivity contribution in [2.45, 2.75) is 66.1 Å². The number of carbonyl (C=O) groups excluding carboxylic acids is 1. The Kier molecular flexibility index (Phi) is 14.6. The van der Waals surface area contributed by atoms with Crippen LogP contribution >= 0.6 is 24.0 Å². The summed E-state index contributed by atoms with van der Waals surface area (Å²) in [6.07, 6.45) is 2.05. The second-order valence-corrected chi connectivity index (χ2v) is 8.99. The summed E-state index contributed by atoms with van der Waals surface area (Å²) in [4.78, 5) is 19.7. The van der Waals surface area contributed by atoms with Crippen LogP contribution in [0.25, 0.3) is 0 Å². The van der Waals surface area contributed by atoms with Gasteiger partial charge in [-0.05, 0) is 50.3 Å². The van der Waals surface area contributed by atoms with Gasteiger partial charge in [-0.2, -0.15) is 0 Å². The van der Waals surface area contributed by atoms with Crippen molar-refractivity contribution in [2.75, 3.05) is 39.4 Å². The largest absolute Gasteiger partial charge is 0.379 e. The molecule has 0 aliphatic carbocycles. The van der Waals surface area contributed by atoms with Gasteiger partial charge in [-0.1, -0.05) is 32.9 Å².